The third kappa shape index (κ3) is 3.31. The van der Waals surface area contributed by atoms with Crippen LogP contribution < -0.4 is 4.74 Å². The van der Waals surface area contributed by atoms with Crippen LogP contribution in [0.1, 0.15) is 5.56 Å². The molecule has 0 saturated carbocycles. The lowest BCUT2D eigenvalue weighted by molar-refractivity contribution is -0.130. The molecule has 1 rings (SSSR count). The van der Waals surface area contributed by atoms with Crippen molar-refractivity contribution in [1.29, 1.82) is 5.26 Å². The molecule has 0 radical (unpaired) electrons. The molecule has 0 saturated heterocycles. The van der Waals surface area contributed by atoms with Crippen LogP contribution in [0, 0.1) is 11.3 Å². The summed E-state index contributed by atoms with van der Waals surface area (Å²) < 4.78 is 5.23. The Morgan fingerprint density at radius 1 is 1.53 bits per heavy atom. The number of nitriles is 1. The van der Waals surface area contributed by atoms with Crippen molar-refractivity contribution in [3.05, 3.63) is 29.8 Å². The topological polar surface area (TPSA) is 53.3 Å². The molecule has 1 aromatic rings. The van der Waals surface area contributed by atoms with Gasteiger partial charge in [0.1, 0.15) is 5.75 Å². The second-order valence-electron chi connectivity index (χ2n) is 3.22. The van der Waals surface area contributed by atoms with Gasteiger partial charge in [0.05, 0.1) is 11.6 Å². The third-order valence-electron chi connectivity index (χ3n) is 1.82. The Morgan fingerprint density at radius 2 is 2.27 bits per heavy atom. The molecule has 0 aliphatic heterocycles. The van der Waals surface area contributed by atoms with Gasteiger partial charge in [-0.2, -0.15) is 5.26 Å². The van der Waals surface area contributed by atoms with Gasteiger partial charge in [-0.3, -0.25) is 4.79 Å². The van der Waals surface area contributed by atoms with Crippen molar-refractivity contribution in [3.8, 4) is 11.8 Å². The van der Waals surface area contributed by atoms with Gasteiger partial charge in [0.25, 0.3) is 5.91 Å². The maximum absolute atomic E-state index is 11.2. The number of ether oxygens (including phenoxy) is 1. The van der Waals surface area contributed by atoms with Crippen LogP contribution >= 0.6 is 0 Å². The van der Waals surface area contributed by atoms with E-state index in [0.29, 0.717) is 11.3 Å². The van der Waals surface area contributed by atoms with E-state index >= 15 is 0 Å². The highest BCUT2D eigenvalue weighted by atomic mass is 16.5. The standard InChI is InChI=1S/C11H12N2O2/c1-13(2)11(14)8-15-10-5-3-4-9(6-10)7-12/h3-6H,8H2,1-2H3. The normalized spacial score (nSPS) is 9.13. The third-order valence-corrected chi connectivity index (χ3v) is 1.82. The summed E-state index contributed by atoms with van der Waals surface area (Å²) in [4.78, 5) is 12.7. The van der Waals surface area contributed by atoms with Gasteiger partial charge in [0.2, 0.25) is 0 Å². The first kappa shape index (κ1) is 11.1. The monoisotopic (exact) mass is 204 g/mol. The zero-order chi connectivity index (χ0) is 11.3. The molecule has 0 spiro atoms. The Balaban J connectivity index is 2.59. The van der Waals surface area contributed by atoms with E-state index in [2.05, 4.69) is 0 Å². The number of hydrogen-bond donors (Lipinski definition) is 0. The minimum absolute atomic E-state index is 0.0120. The van der Waals surface area contributed by atoms with Gasteiger partial charge >= 0.3 is 0 Å². The lowest BCUT2D eigenvalue weighted by Gasteiger charge is -2.11. The van der Waals surface area contributed by atoms with Crippen LogP contribution in [0.5, 0.6) is 5.75 Å². The van der Waals surface area contributed by atoms with E-state index in [1.807, 2.05) is 6.07 Å². The highest BCUT2D eigenvalue weighted by Gasteiger charge is 2.04. The number of rotatable bonds is 3. The highest BCUT2D eigenvalue weighted by Crippen LogP contribution is 2.12. The van der Waals surface area contributed by atoms with E-state index in [1.165, 1.54) is 4.90 Å². The molecule has 1 aromatic carbocycles. The molecule has 0 N–H and O–H groups in total. The summed E-state index contributed by atoms with van der Waals surface area (Å²) in [5, 5.41) is 8.65. The fraction of sp³-hybridized carbons (Fsp3) is 0.273. The molecule has 0 aliphatic rings. The molecule has 0 aliphatic carbocycles. The summed E-state index contributed by atoms with van der Waals surface area (Å²) >= 11 is 0. The number of likely N-dealkylation sites (N-methyl/N-ethyl adjacent to an activating group) is 1. The van der Waals surface area contributed by atoms with Gasteiger partial charge in [-0.05, 0) is 18.2 Å². The first-order valence-electron chi connectivity index (χ1n) is 4.46. The molecule has 0 unspecified atom stereocenters. The smallest absolute Gasteiger partial charge is 0.259 e. The summed E-state index contributed by atoms with van der Waals surface area (Å²) in [5.41, 5.74) is 0.518. The molecule has 0 heterocycles. The van der Waals surface area contributed by atoms with Crippen molar-refractivity contribution in [2.24, 2.45) is 0 Å². The molecule has 4 nitrogen and oxygen atoms in total. The molecule has 0 bridgehead atoms. The number of benzene rings is 1. The average molecular weight is 204 g/mol. The van der Waals surface area contributed by atoms with E-state index in [-0.39, 0.29) is 12.5 Å². The minimum atomic E-state index is -0.114. The molecule has 0 atom stereocenters. The van der Waals surface area contributed by atoms with Crippen molar-refractivity contribution >= 4 is 5.91 Å². The van der Waals surface area contributed by atoms with Crippen LogP contribution in [0.3, 0.4) is 0 Å². The lowest BCUT2D eigenvalue weighted by atomic mass is 10.2. The quantitative estimate of drug-likeness (QED) is 0.738. The second kappa shape index (κ2) is 5.01. The molecule has 1 amide bonds. The van der Waals surface area contributed by atoms with Crippen LogP contribution in [0.4, 0.5) is 0 Å². The lowest BCUT2D eigenvalue weighted by Crippen LogP contribution is -2.27. The summed E-state index contributed by atoms with van der Waals surface area (Å²) in [6, 6.07) is 8.71. The van der Waals surface area contributed by atoms with Crippen LogP contribution in [-0.4, -0.2) is 31.5 Å². The fourth-order valence-corrected chi connectivity index (χ4v) is 0.930. The summed E-state index contributed by atoms with van der Waals surface area (Å²) in [6.07, 6.45) is 0. The number of nitrogens with zero attached hydrogens (tertiary/aromatic N) is 2. The van der Waals surface area contributed by atoms with Crippen molar-refractivity contribution in [1.82, 2.24) is 4.90 Å². The van der Waals surface area contributed by atoms with E-state index in [4.69, 9.17) is 10.00 Å². The Kier molecular flexibility index (Phi) is 3.69. The van der Waals surface area contributed by atoms with Gasteiger partial charge in [0, 0.05) is 14.1 Å². The summed E-state index contributed by atoms with van der Waals surface area (Å²) in [6.45, 7) is -0.0120. The molecular formula is C11H12N2O2. The van der Waals surface area contributed by atoms with Crippen LogP contribution in [0.15, 0.2) is 24.3 Å². The van der Waals surface area contributed by atoms with Crippen molar-refractivity contribution < 1.29 is 9.53 Å². The van der Waals surface area contributed by atoms with Gasteiger partial charge in [0.15, 0.2) is 6.61 Å². The number of hydrogen-bond acceptors (Lipinski definition) is 3. The van der Waals surface area contributed by atoms with Crippen LogP contribution in [-0.2, 0) is 4.79 Å². The first-order valence-corrected chi connectivity index (χ1v) is 4.46. The van der Waals surface area contributed by atoms with Gasteiger partial charge < -0.3 is 9.64 Å². The van der Waals surface area contributed by atoms with Crippen molar-refractivity contribution in [2.45, 2.75) is 0 Å². The second-order valence-corrected chi connectivity index (χ2v) is 3.22. The number of amides is 1. The van der Waals surface area contributed by atoms with E-state index < -0.39 is 0 Å². The molecule has 4 heteroatoms. The molecule has 0 aromatic heterocycles. The fourth-order valence-electron chi connectivity index (χ4n) is 0.930. The van der Waals surface area contributed by atoms with Crippen molar-refractivity contribution in [3.63, 3.8) is 0 Å². The van der Waals surface area contributed by atoms with E-state index in [1.54, 1.807) is 38.4 Å². The Hall–Kier alpha value is -2.02. The predicted octanol–water partition coefficient (Wildman–Crippen LogP) is 1.03. The van der Waals surface area contributed by atoms with Gasteiger partial charge in [-0.25, -0.2) is 0 Å². The molecular weight excluding hydrogens is 192 g/mol. The average Bonchev–Trinajstić information content (AvgIpc) is 2.26. The zero-order valence-electron chi connectivity index (χ0n) is 8.73. The summed E-state index contributed by atoms with van der Waals surface area (Å²) in [5.74, 6) is 0.418. The SMILES string of the molecule is CN(C)C(=O)COc1cccc(C#N)c1. The molecule has 15 heavy (non-hydrogen) atoms. The summed E-state index contributed by atoms with van der Waals surface area (Å²) in [7, 11) is 3.33. The maximum atomic E-state index is 11.2. The first-order chi connectivity index (χ1) is 7.13. The minimum Gasteiger partial charge on any atom is -0.484 e. The van der Waals surface area contributed by atoms with E-state index in [0.717, 1.165) is 0 Å². The Labute approximate surface area is 88.7 Å². The number of carbonyl (C=O) groups excluding carboxylic acids is 1. The maximum Gasteiger partial charge on any atom is 0.259 e. The predicted molar refractivity (Wildman–Crippen MR) is 55.3 cm³/mol. The molecule has 78 valence electrons. The largest absolute Gasteiger partial charge is 0.484 e. The highest BCUT2D eigenvalue weighted by molar-refractivity contribution is 5.77. The zero-order valence-corrected chi connectivity index (χ0v) is 8.73. The van der Waals surface area contributed by atoms with Gasteiger partial charge in [-0.1, -0.05) is 6.07 Å². The number of carbonyl (C=O) groups is 1. The van der Waals surface area contributed by atoms with E-state index in [9.17, 15) is 4.79 Å². The Bertz CT molecular complexity index is 394. The van der Waals surface area contributed by atoms with Gasteiger partial charge in [-0.15, -0.1) is 0 Å². The van der Waals surface area contributed by atoms with Crippen LogP contribution in [0.25, 0.3) is 0 Å². The molecule has 0 fully saturated rings. The van der Waals surface area contributed by atoms with Crippen molar-refractivity contribution in [2.75, 3.05) is 20.7 Å². The van der Waals surface area contributed by atoms with Crippen LogP contribution in [0.2, 0.25) is 0 Å². The Morgan fingerprint density at radius 3 is 2.87 bits per heavy atom.